The second-order valence-electron chi connectivity index (χ2n) is 3.99. The summed E-state index contributed by atoms with van der Waals surface area (Å²) in [5.41, 5.74) is 2.62. The van der Waals surface area contributed by atoms with Gasteiger partial charge in [-0.25, -0.2) is 0 Å². The van der Waals surface area contributed by atoms with Gasteiger partial charge in [0.25, 0.3) is 0 Å². The first-order chi connectivity index (χ1) is 6.16. The largest absolute Gasteiger partial charge is 0.364 e. The van der Waals surface area contributed by atoms with Gasteiger partial charge in [-0.15, -0.1) is 0 Å². The lowest BCUT2D eigenvalue weighted by Crippen LogP contribution is -2.32. The number of nitrogens with one attached hydrogen (secondary N) is 1. The SMILES string of the molecule is CC1=CN2C=C(C(C)C)C=CC2N1. The van der Waals surface area contributed by atoms with Crippen LogP contribution in [-0.4, -0.2) is 11.1 Å². The monoisotopic (exact) mass is 176 g/mol. The van der Waals surface area contributed by atoms with Gasteiger partial charge < -0.3 is 10.2 Å². The number of fused-ring (bicyclic) bond motifs is 1. The fourth-order valence-electron chi connectivity index (χ4n) is 1.67. The van der Waals surface area contributed by atoms with Crippen LogP contribution in [0, 0.1) is 5.92 Å². The van der Waals surface area contributed by atoms with Crippen molar-refractivity contribution < 1.29 is 0 Å². The van der Waals surface area contributed by atoms with Gasteiger partial charge in [0.05, 0.1) is 0 Å². The smallest absolute Gasteiger partial charge is 0.122 e. The molecule has 2 nitrogen and oxygen atoms in total. The molecule has 0 fully saturated rings. The van der Waals surface area contributed by atoms with Crippen molar-refractivity contribution in [2.45, 2.75) is 26.9 Å². The molecule has 0 spiro atoms. The summed E-state index contributed by atoms with van der Waals surface area (Å²) >= 11 is 0. The van der Waals surface area contributed by atoms with Crippen LogP contribution in [-0.2, 0) is 0 Å². The summed E-state index contributed by atoms with van der Waals surface area (Å²) in [6, 6.07) is 0. The minimum Gasteiger partial charge on any atom is -0.364 e. The van der Waals surface area contributed by atoms with Crippen LogP contribution in [0.2, 0.25) is 0 Å². The van der Waals surface area contributed by atoms with Crippen molar-refractivity contribution in [1.29, 1.82) is 0 Å². The van der Waals surface area contributed by atoms with E-state index in [9.17, 15) is 0 Å². The first-order valence-corrected chi connectivity index (χ1v) is 4.79. The molecule has 70 valence electrons. The van der Waals surface area contributed by atoms with Crippen LogP contribution in [0.1, 0.15) is 20.8 Å². The van der Waals surface area contributed by atoms with E-state index in [1.807, 2.05) is 0 Å². The molecule has 1 N–H and O–H groups in total. The second-order valence-corrected chi connectivity index (χ2v) is 3.99. The molecule has 2 aliphatic rings. The summed E-state index contributed by atoms with van der Waals surface area (Å²) in [4.78, 5) is 2.23. The van der Waals surface area contributed by atoms with Crippen LogP contribution in [0.3, 0.4) is 0 Å². The van der Waals surface area contributed by atoms with Crippen molar-refractivity contribution in [3.05, 3.63) is 35.8 Å². The average molecular weight is 176 g/mol. The predicted octanol–water partition coefficient (Wildman–Crippen LogP) is 2.19. The normalized spacial score (nSPS) is 25.5. The molecule has 0 saturated heterocycles. The molecule has 0 aromatic heterocycles. The Bertz CT molecular complexity index is 297. The second kappa shape index (κ2) is 2.95. The van der Waals surface area contributed by atoms with Crippen LogP contribution in [0.25, 0.3) is 0 Å². The van der Waals surface area contributed by atoms with E-state index in [-0.39, 0.29) is 0 Å². The minimum atomic E-state index is 0.350. The molecule has 1 unspecified atom stereocenters. The number of allylic oxidation sites excluding steroid dienone is 3. The van der Waals surface area contributed by atoms with Crippen LogP contribution in [0.5, 0.6) is 0 Å². The van der Waals surface area contributed by atoms with E-state index in [1.54, 1.807) is 0 Å². The van der Waals surface area contributed by atoms with E-state index < -0.39 is 0 Å². The molecule has 0 amide bonds. The van der Waals surface area contributed by atoms with Gasteiger partial charge in [0.1, 0.15) is 6.17 Å². The molecule has 2 heteroatoms. The molecule has 0 aromatic carbocycles. The van der Waals surface area contributed by atoms with Crippen molar-refractivity contribution in [2.75, 3.05) is 0 Å². The van der Waals surface area contributed by atoms with E-state index in [0.29, 0.717) is 12.1 Å². The lowest BCUT2D eigenvalue weighted by atomic mass is 10.0. The predicted molar refractivity (Wildman–Crippen MR) is 54.6 cm³/mol. The molecule has 0 aromatic rings. The Hall–Kier alpha value is -1.18. The van der Waals surface area contributed by atoms with Gasteiger partial charge in [-0.1, -0.05) is 19.9 Å². The lowest BCUT2D eigenvalue weighted by Gasteiger charge is -2.25. The third-order valence-corrected chi connectivity index (χ3v) is 2.48. The van der Waals surface area contributed by atoms with Gasteiger partial charge in [0.2, 0.25) is 0 Å². The standard InChI is InChI=1S/C11H16N2/c1-8(2)10-4-5-11-12-9(3)6-13(11)7-10/h4-8,11-12H,1-3H3. The molecule has 0 saturated carbocycles. The third kappa shape index (κ3) is 1.48. The Morgan fingerprint density at radius 2 is 2.15 bits per heavy atom. The van der Waals surface area contributed by atoms with Gasteiger partial charge >= 0.3 is 0 Å². The Morgan fingerprint density at radius 3 is 2.85 bits per heavy atom. The van der Waals surface area contributed by atoms with Gasteiger partial charge in [0.15, 0.2) is 0 Å². The summed E-state index contributed by atoms with van der Waals surface area (Å²) < 4.78 is 0. The van der Waals surface area contributed by atoms with E-state index in [2.05, 4.69) is 55.5 Å². The van der Waals surface area contributed by atoms with Gasteiger partial charge in [-0.05, 0) is 24.5 Å². The van der Waals surface area contributed by atoms with Crippen LogP contribution in [0.15, 0.2) is 35.8 Å². The maximum absolute atomic E-state index is 3.37. The Kier molecular flexibility index (Phi) is 1.91. The molecule has 0 bridgehead atoms. The summed E-state index contributed by atoms with van der Waals surface area (Å²) in [5, 5.41) is 3.37. The van der Waals surface area contributed by atoms with Crippen molar-refractivity contribution in [2.24, 2.45) is 5.92 Å². The average Bonchev–Trinajstić information content (AvgIpc) is 2.42. The molecule has 0 radical (unpaired) electrons. The van der Waals surface area contributed by atoms with Crippen LogP contribution >= 0.6 is 0 Å². The molecular formula is C11H16N2. The molecular weight excluding hydrogens is 160 g/mol. The molecule has 2 aliphatic heterocycles. The zero-order valence-electron chi connectivity index (χ0n) is 8.41. The number of hydrogen-bond acceptors (Lipinski definition) is 2. The van der Waals surface area contributed by atoms with E-state index >= 15 is 0 Å². The van der Waals surface area contributed by atoms with Crippen molar-refractivity contribution in [1.82, 2.24) is 10.2 Å². The lowest BCUT2D eigenvalue weighted by molar-refractivity contribution is 0.416. The van der Waals surface area contributed by atoms with Gasteiger partial charge in [-0.3, -0.25) is 0 Å². The van der Waals surface area contributed by atoms with E-state index in [1.165, 1.54) is 11.3 Å². The number of rotatable bonds is 1. The van der Waals surface area contributed by atoms with Gasteiger partial charge in [-0.2, -0.15) is 0 Å². The zero-order chi connectivity index (χ0) is 9.42. The minimum absolute atomic E-state index is 0.350. The fraction of sp³-hybridized carbons (Fsp3) is 0.455. The van der Waals surface area contributed by atoms with Crippen molar-refractivity contribution in [3.8, 4) is 0 Å². The quantitative estimate of drug-likeness (QED) is 0.659. The first kappa shape index (κ1) is 8.42. The van der Waals surface area contributed by atoms with E-state index in [4.69, 9.17) is 0 Å². The summed E-state index contributed by atoms with van der Waals surface area (Å²) in [7, 11) is 0. The molecule has 2 rings (SSSR count). The van der Waals surface area contributed by atoms with Crippen LogP contribution < -0.4 is 5.32 Å². The molecule has 0 aliphatic carbocycles. The zero-order valence-corrected chi connectivity index (χ0v) is 8.41. The highest BCUT2D eigenvalue weighted by Crippen LogP contribution is 2.22. The maximum Gasteiger partial charge on any atom is 0.122 e. The highest BCUT2D eigenvalue weighted by Gasteiger charge is 2.20. The highest BCUT2D eigenvalue weighted by atomic mass is 15.3. The third-order valence-electron chi connectivity index (χ3n) is 2.48. The summed E-state index contributed by atoms with van der Waals surface area (Å²) in [6.07, 6.45) is 9.14. The Morgan fingerprint density at radius 1 is 1.38 bits per heavy atom. The fourth-order valence-corrected chi connectivity index (χ4v) is 1.67. The van der Waals surface area contributed by atoms with Crippen LogP contribution in [0.4, 0.5) is 0 Å². The summed E-state index contributed by atoms with van der Waals surface area (Å²) in [6.45, 7) is 6.53. The maximum atomic E-state index is 3.37. The molecule has 2 heterocycles. The van der Waals surface area contributed by atoms with Crippen molar-refractivity contribution in [3.63, 3.8) is 0 Å². The Labute approximate surface area is 79.6 Å². The number of nitrogens with zero attached hydrogens (tertiary/aromatic N) is 1. The summed E-state index contributed by atoms with van der Waals surface area (Å²) in [5.74, 6) is 0.603. The highest BCUT2D eigenvalue weighted by molar-refractivity contribution is 5.30. The van der Waals surface area contributed by atoms with Crippen molar-refractivity contribution >= 4 is 0 Å². The topological polar surface area (TPSA) is 15.3 Å². The Balaban J connectivity index is 2.21. The molecule has 1 atom stereocenters. The number of hydrogen-bond donors (Lipinski definition) is 1. The van der Waals surface area contributed by atoms with Gasteiger partial charge in [0, 0.05) is 18.1 Å². The van der Waals surface area contributed by atoms with E-state index in [0.717, 1.165) is 0 Å². The first-order valence-electron chi connectivity index (χ1n) is 4.79. The molecule has 13 heavy (non-hydrogen) atoms.